The number of para-hydroxylation sites is 1. The fourth-order valence-electron chi connectivity index (χ4n) is 4.57. The van der Waals surface area contributed by atoms with E-state index >= 15 is 0 Å². The summed E-state index contributed by atoms with van der Waals surface area (Å²) in [6.45, 7) is 5.18. The first kappa shape index (κ1) is 25.7. The number of piperazine rings is 1. The number of guanidine groups is 1. The van der Waals surface area contributed by atoms with Gasteiger partial charge in [-0.2, -0.15) is 0 Å². The molecule has 7 nitrogen and oxygen atoms in total. The smallest absolute Gasteiger partial charge is 0.242 e. The molecule has 1 amide bonds. The molecule has 2 fully saturated rings. The summed E-state index contributed by atoms with van der Waals surface area (Å²) in [4.78, 5) is 21.3. The number of hydrogen-bond acceptors (Lipinski definition) is 4. The quantitative estimate of drug-likeness (QED) is 0.300. The zero-order valence-electron chi connectivity index (χ0n) is 18.9. The van der Waals surface area contributed by atoms with E-state index in [1.807, 2.05) is 11.0 Å². The van der Waals surface area contributed by atoms with Crippen molar-refractivity contribution in [3.63, 3.8) is 0 Å². The van der Waals surface area contributed by atoms with E-state index in [0.29, 0.717) is 5.96 Å². The van der Waals surface area contributed by atoms with Gasteiger partial charge < -0.3 is 25.2 Å². The zero-order chi connectivity index (χ0) is 21.2. The molecular weight excluding hydrogens is 505 g/mol. The SMILES string of the molecule is CN=C(NCC(=O)N1CCN(c2ccccc2)CC1)NCC1(CCOC)CCCC1.I. The van der Waals surface area contributed by atoms with E-state index in [1.165, 1.54) is 31.4 Å². The molecule has 1 aliphatic carbocycles. The monoisotopic (exact) mass is 543 g/mol. The summed E-state index contributed by atoms with van der Waals surface area (Å²) < 4.78 is 5.32. The Morgan fingerprint density at radius 2 is 1.77 bits per heavy atom. The van der Waals surface area contributed by atoms with Crippen LogP contribution >= 0.6 is 24.0 Å². The Morgan fingerprint density at radius 1 is 1.10 bits per heavy atom. The van der Waals surface area contributed by atoms with E-state index in [1.54, 1.807) is 14.2 Å². The maximum absolute atomic E-state index is 12.7. The van der Waals surface area contributed by atoms with Crippen molar-refractivity contribution in [2.45, 2.75) is 32.1 Å². The highest BCUT2D eigenvalue weighted by molar-refractivity contribution is 14.0. The number of halogens is 1. The van der Waals surface area contributed by atoms with Crippen molar-refractivity contribution in [2.24, 2.45) is 10.4 Å². The maximum atomic E-state index is 12.7. The van der Waals surface area contributed by atoms with Gasteiger partial charge in [0.1, 0.15) is 0 Å². The molecule has 1 aromatic carbocycles. The van der Waals surface area contributed by atoms with Gasteiger partial charge in [-0.3, -0.25) is 9.79 Å². The fraction of sp³-hybridized carbons (Fsp3) is 0.652. The predicted molar refractivity (Wildman–Crippen MR) is 137 cm³/mol. The first-order valence-corrected chi connectivity index (χ1v) is 11.2. The van der Waals surface area contributed by atoms with Crippen molar-refractivity contribution in [1.82, 2.24) is 15.5 Å². The van der Waals surface area contributed by atoms with E-state index in [0.717, 1.165) is 45.8 Å². The number of aliphatic imine (C=N–C) groups is 1. The molecule has 2 N–H and O–H groups in total. The van der Waals surface area contributed by atoms with Crippen molar-refractivity contribution < 1.29 is 9.53 Å². The van der Waals surface area contributed by atoms with E-state index in [-0.39, 0.29) is 41.8 Å². The van der Waals surface area contributed by atoms with Crippen LogP contribution in [-0.4, -0.2) is 76.8 Å². The van der Waals surface area contributed by atoms with Gasteiger partial charge in [-0.1, -0.05) is 31.0 Å². The minimum absolute atomic E-state index is 0. The van der Waals surface area contributed by atoms with Crippen molar-refractivity contribution in [1.29, 1.82) is 0 Å². The lowest BCUT2D eigenvalue weighted by molar-refractivity contribution is -0.130. The lowest BCUT2D eigenvalue weighted by Crippen LogP contribution is -2.52. The van der Waals surface area contributed by atoms with Crippen molar-refractivity contribution in [3.8, 4) is 0 Å². The molecule has 1 saturated heterocycles. The Kier molecular flexibility index (Phi) is 10.9. The topological polar surface area (TPSA) is 69.2 Å². The van der Waals surface area contributed by atoms with Gasteiger partial charge in [0.05, 0.1) is 6.54 Å². The number of anilines is 1. The molecule has 0 unspecified atom stereocenters. The third-order valence-electron chi connectivity index (χ3n) is 6.52. The Hall–Kier alpha value is -1.55. The Balaban J connectivity index is 0.00000341. The Bertz CT molecular complexity index is 686. The van der Waals surface area contributed by atoms with Gasteiger partial charge in [-0.15, -0.1) is 24.0 Å². The summed E-state index contributed by atoms with van der Waals surface area (Å²) >= 11 is 0. The van der Waals surface area contributed by atoms with E-state index in [2.05, 4.69) is 44.8 Å². The molecule has 1 aromatic rings. The molecule has 0 bridgehead atoms. The average molecular weight is 543 g/mol. The molecule has 1 saturated carbocycles. The highest BCUT2D eigenvalue weighted by Crippen LogP contribution is 2.40. The van der Waals surface area contributed by atoms with Crippen LogP contribution in [0.15, 0.2) is 35.3 Å². The highest BCUT2D eigenvalue weighted by atomic mass is 127. The normalized spacial score (nSPS) is 18.5. The molecule has 8 heteroatoms. The lowest BCUT2D eigenvalue weighted by Gasteiger charge is -2.36. The molecular formula is C23H38IN5O2. The van der Waals surface area contributed by atoms with Crippen molar-refractivity contribution in [2.75, 3.05) is 64.9 Å². The second-order valence-corrected chi connectivity index (χ2v) is 8.43. The van der Waals surface area contributed by atoms with Gasteiger partial charge in [-0.05, 0) is 36.8 Å². The lowest BCUT2D eigenvalue weighted by atomic mass is 9.83. The maximum Gasteiger partial charge on any atom is 0.242 e. The van der Waals surface area contributed by atoms with Gasteiger partial charge in [0, 0.05) is 59.2 Å². The van der Waals surface area contributed by atoms with Crippen LogP contribution in [-0.2, 0) is 9.53 Å². The van der Waals surface area contributed by atoms with Crippen LogP contribution in [0.1, 0.15) is 32.1 Å². The number of methoxy groups -OCH3 is 1. The summed E-state index contributed by atoms with van der Waals surface area (Å²) in [7, 11) is 3.52. The summed E-state index contributed by atoms with van der Waals surface area (Å²) in [5.74, 6) is 0.829. The summed E-state index contributed by atoms with van der Waals surface area (Å²) in [6, 6.07) is 10.4. The number of carbonyl (C=O) groups excluding carboxylic acids is 1. The molecule has 0 spiro atoms. The van der Waals surface area contributed by atoms with Gasteiger partial charge in [0.2, 0.25) is 5.91 Å². The Labute approximate surface area is 204 Å². The van der Waals surface area contributed by atoms with Gasteiger partial charge in [0.25, 0.3) is 0 Å². The highest BCUT2D eigenvalue weighted by Gasteiger charge is 2.33. The molecule has 0 atom stereocenters. The van der Waals surface area contributed by atoms with Gasteiger partial charge in [-0.25, -0.2) is 0 Å². The van der Waals surface area contributed by atoms with Crippen LogP contribution in [0.3, 0.4) is 0 Å². The van der Waals surface area contributed by atoms with Crippen LogP contribution in [0.2, 0.25) is 0 Å². The molecule has 2 aliphatic rings. The minimum atomic E-state index is 0. The summed E-state index contributed by atoms with van der Waals surface area (Å²) in [5, 5.41) is 6.66. The second-order valence-electron chi connectivity index (χ2n) is 8.43. The number of carbonyl (C=O) groups is 1. The third-order valence-corrected chi connectivity index (χ3v) is 6.52. The second kappa shape index (κ2) is 13.1. The van der Waals surface area contributed by atoms with Crippen molar-refractivity contribution in [3.05, 3.63) is 30.3 Å². The first-order chi connectivity index (χ1) is 14.7. The van der Waals surface area contributed by atoms with Crippen LogP contribution < -0.4 is 15.5 Å². The average Bonchev–Trinajstić information content (AvgIpc) is 3.27. The van der Waals surface area contributed by atoms with Crippen LogP contribution in [0.4, 0.5) is 5.69 Å². The number of amides is 1. The predicted octanol–water partition coefficient (Wildman–Crippen LogP) is 2.72. The molecule has 31 heavy (non-hydrogen) atoms. The molecule has 0 radical (unpaired) electrons. The van der Waals surface area contributed by atoms with Crippen LogP contribution in [0, 0.1) is 5.41 Å². The summed E-state index contributed by atoms with van der Waals surface area (Å²) in [6.07, 6.45) is 6.09. The van der Waals surface area contributed by atoms with Crippen LogP contribution in [0.5, 0.6) is 0 Å². The van der Waals surface area contributed by atoms with Crippen molar-refractivity contribution >= 4 is 41.5 Å². The number of hydrogen-bond donors (Lipinski definition) is 2. The molecule has 1 aliphatic heterocycles. The molecule has 3 rings (SSSR count). The summed E-state index contributed by atoms with van der Waals surface area (Å²) in [5.41, 5.74) is 1.51. The number of rotatable bonds is 8. The molecule has 174 valence electrons. The molecule has 1 heterocycles. The number of benzene rings is 1. The van der Waals surface area contributed by atoms with E-state index in [9.17, 15) is 4.79 Å². The first-order valence-electron chi connectivity index (χ1n) is 11.2. The van der Waals surface area contributed by atoms with Gasteiger partial charge >= 0.3 is 0 Å². The van der Waals surface area contributed by atoms with Crippen LogP contribution in [0.25, 0.3) is 0 Å². The number of nitrogens with zero attached hydrogens (tertiary/aromatic N) is 3. The standard InChI is InChI=1S/C23H37N5O2.HI/c1-24-22(26-19-23(12-17-30-2)10-6-7-11-23)25-18-21(29)28-15-13-27(14-16-28)20-8-4-3-5-9-20;/h3-5,8-9H,6-7,10-19H2,1-2H3,(H2,24,25,26);1H. The third kappa shape index (κ3) is 7.52. The number of nitrogens with one attached hydrogen (secondary N) is 2. The van der Waals surface area contributed by atoms with E-state index < -0.39 is 0 Å². The van der Waals surface area contributed by atoms with E-state index in [4.69, 9.17) is 4.74 Å². The largest absolute Gasteiger partial charge is 0.385 e. The zero-order valence-corrected chi connectivity index (χ0v) is 21.3. The number of ether oxygens (including phenoxy) is 1. The fourth-order valence-corrected chi connectivity index (χ4v) is 4.57. The van der Waals surface area contributed by atoms with Gasteiger partial charge in [0.15, 0.2) is 5.96 Å². The Morgan fingerprint density at radius 3 is 2.39 bits per heavy atom. The molecule has 0 aromatic heterocycles. The minimum Gasteiger partial charge on any atom is -0.385 e.